The Labute approximate surface area is 171 Å². The maximum atomic E-state index is 13.0. The largest absolute Gasteiger partial charge is 0.417 e. The third kappa shape index (κ3) is 6.45. The number of hydrazone groups is 1. The first-order valence-corrected chi connectivity index (χ1v) is 8.99. The van der Waals surface area contributed by atoms with E-state index in [0.717, 1.165) is 17.7 Å². The summed E-state index contributed by atoms with van der Waals surface area (Å²) in [6.07, 6.45) is -4.19. The number of carbonyl (C=O) groups excluding carboxylic acids is 1. The van der Waals surface area contributed by atoms with Crippen molar-refractivity contribution in [3.8, 4) is 0 Å². The van der Waals surface area contributed by atoms with E-state index < -0.39 is 28.2 Å². The molecule has 0 radical (unpaired) electrons. The van der Waals surface area contributed by atoms with Gasteiger partial charge in [0.2, 0.25) is 0 Å². The van der Waals surface area contributed by atoms with Crippen molar-refractivity contribution in [1.82, 2.24) is 5.43 Å². The van der Waals surface area contributed by atoms with Crippen molar-refractivity contribution in [3.63, 3.8) is 0 Å². The summed E-state index contributed by atoms with van der Waals surface area (Å²) in [6.45, 7) is 4.81. The van der Waals surface area contributed by atoms with E-state index in [0.29, 0.717) is 12.1 Å². The van der Waals surface area contributed by atoms with Crippen LogP contribution >= 0.6 is 11.6 Å². The van der Waals surface area contributed by atoms with Crippen LogP contribution in [0.15, 0.2) is 47.6 Å². The van der Waals surface area contributed by atoms with E-state index in [9.17, 15) is 22.4 Å². The highest BCUT2D eigenvalue weighted by molar-refractivity contribution is 6.31. The zero-order valence-electron chi connectivity index (χ0n) is 16.0. The van der Waals surface area contributed by atoms with Gasteiger partial charge in [0, 0.05) is 17.8 Å². The maximum absolute atomic E-state index is 13.0. The molecule has 0 aliphatic carbocycles. The van der Waals surface area contributed by atoms with E-state index in [4.69, 9.17) is 11.6 Å². The summed E-state index contributed by atoms with van der Waals surface area (Å²) < 4.78 is 51.8. The van der Waals surface area contributed by atoms with Crippen LogP contribution in [-0.2, 0) is 17.4 Å². The number of amides is 1. The summed E-state index contributed by atoms with van der Waals surface area (Å²) in [5.74, 6) is -0.915. The minimum absolute atomic E-state index is 0.0337. The predicted octanol–water partition coefficient (Wildman–Crippen LogP) is 5.42. The predicted molar refractivity (Wildman–Crippen MR) is 106 cm³/mol. The molecule has 0 saturated heterocycles. The number of nitrogens with one attached hydrogen (secondary N) is 2. The highest BCUT2D eigenvalue weighted by Crippen LogP contribution is 2.36. The molecule has 156 valence electrons. The van der Waals surface area contributed by atoms with E-state index in [2.05, 4.69) is 15.8 Å². The Kier molecular flexibility index (Phi) is 6.89. The Balaban J connectivity index is 2.05. The van der Waals surface area contributed by atoms with Crippen molar-refractivity contribution >= 4 is 28.9 Å². The summed E-state index contributed by atoms with van der Waals surface area (Å²) >= 11 is 5.58. The van der Waals surface area contributed by atoms with Crippen LogP contribution in [0, 0.1) is 5.82 Å². The molecule has 0 fully saturated rings. The molecule has 0 bridgehead atoms. The smallest absolute Gasteiger partial charge is 0.324 e. The quantitative estimate of drug-likeness (QED) is 0.366. The average Bonchev–Trinajstić information content (AvgIpc) is 2.62. The number of anilines is 1. The topological polar surface area (TPSA) is 53.5 Å². The molecule has 0 aliphatic rings. The first-order valence-electron chi connectivity index (χ1n) is 8.61. The van der Waals surface area contributed by atoms with Gasteiger partial charge >= 0.3 is 6.18 Å². The fourth-order valence-corrected chi connectivity index (χ4v) is 2.56. The van der Waals surface area contributed by atoms with Crippen LogP contribution < -0.4 is 10.7 Å². The Bertz CT molecular complexity index is 909. The fraction of sp³-hybridized carbons (Fsp3) is 0.300. The second-order valence-corrected chi connectivity index (χ2v) is 7.44. The van der Waals surface area contributed by atoms with Crippen LogP contribution in [0.1, 0.15) is 31.9 Å². The van der Waals surface area contributed by atoms with Crippen molar-refractivity contribution < 1.29 is 22.4 Å². The number of hydrogen-bond acceptors (Lipinski definition) is 3. The first kappa shape index (κ1) is 22.7. The Morgan fingerprint density at radius 3 is 2.31 bits per heavy atom. The van der Waals surface area contributed by atoms with Gasteiger partial charge < -0.3 is 5.32 Å². The molecule has 0 aromatic heterocycles. The highest BCUT2D eigenvalue weighted by atomic mass is 35.5. The molecule has 4 nitrogen and oxygen atoms in total. The molecule has 2 aromatic carbocycles. The number of nitrogens with zero attached hydrogens (tertiary/aromatic N) is 1. The molecule has 2 rings (SSSR count). The minimum atomic E-state index is -4.63. The molecule has 0 aliphatic heterocycles. The molecule has 0 atom stereocenters. The van der Waals surface area contributed by atoms with Gasteiger partial charge in [0.15, 0.2) is 0 Å². The van der Waals surface area contributed by atoms with Gasteiger partial charge in [0.1, 0.15) is 11.4 Å². The monoisotopic (exact) mass is 429 g/mol. The number of benzene rings is 2. The molecule has 2 N–H and O–H groups in total. The molecule has 2 aromatic rings. The van der Waals surface area contributed by atoms with Gasteiger partial charge in [-0.25, -0.2) is 4.39 Å². The molecular weight excluding hydrogens is 410 g/mol. The lowest BCUT2D eigenvalue weighted by Gasteiger charge is -2.24. The summed E-state index contributed by atoms with van der Waals surface area (Å²) in [7, 11) is 0. The lowest BCUT2D eigenvalue weighted by Crippen LogP contribution is -2.47. The molecular formula is C20H20ClF4N3O. The van der Waals surface area contributed by atoms with Crippen molar-refractivity contribution in [2.45, 2.75) is 38.9 Å². The van der Waals surface area contributed by atoms with Gasteiger partial charge in [0.25, 0.3) is 5.91 Å². The number of hydrogen-bond donors (Lipinski definition) is 2. The summed E-state index contributed by atoms with van der Waals surface area (Å²) in [6, 6.07) is 9.08. The van der Waals surface area contributed by atoms with Crippen LogP contribution in [0.2, 0.25) is 5.02 Å². The molecule has 0 unspecified atom stereocenters. The van der Waals surface area contributed by atoms with Gasteiger partial charge in [0.05, 0.1) is 10.6 Å². The molecule has 0 heterocycles. The van der Waals surface area contributed by atoms with Crippen LogP contribution in [0.25, 0.3) is 0 Å². The van der Waals surface area contributed by atoms with Gasteiger partial charge in [-0.15, -0.1) is 0 Å². The van der Waals surface area contributed by atoms with Crippen LogP contribution in [0.5, 0.6) is 0 Å². The van der Waals surface area contributed by atoms with Crippen molar-refractivity contribution in [1.29, 1.82) is 0 Å². The minimum Gasteiger partial charge on any atom is -0.324 e. The van der Waals surface area contributed by atoms with E-state index in [1.54, 1.807) is 19.1 Å². The van der Waals surface area contributed by atoms with Crippen LogP contribution in [0.3, 0.4) is 0 Å². The summed E-state index contributed by atoms with van der Waals surface area (Å²) in [4.78, 5) is 12.5. The zero-order valence-corrected chi connectivity index (χ0v) is 16.7. The van der Waals surface area contributed by atoms with E-state index in [1.165, 1.54) is 32.0 Å². The Morgan fingerprint density at radius 1 is 1.10 bits per heavy atom. The second kappa shape index (κ2) is 8.82. The third-order valence-corrected chi connectivity index (χ3v) is 4.33. The molecule has 29 heavy (non-hydrogen) atoms. The summed E-state index contributed by atoms with van der Waals surface area (Å²) in [5.41, 5.74) is 1.94. The van der Waals surface area contributed by atoms with Gasteiger partial charge in [-0.1, -0.05) is 23.7 Å². The Hall–Kier alpha value is -2.61. The summed E-state index contributed by atoms with van der Waals surface area (Å²) in [5, 5.41) is 6.14. The Morgan fingerprint density at radius 2 is 1.72 bits per heavy atom. The number of alkyl halides is 3. The average molecular weight is 430 g/mol. The van der Waals surface area contributed by atoms with Crippen LogP contribution in [0.4, 0.5) is 23.2 Å². The van der Waals surface area contributed by atoms with Gasteiger partial charge in [-0.3, -0.25) is 10.2 Å². The van der Waals surface area contributed by atoms with E-state index in [-0.39, 0.29) is 11.5 Å². The number of rotatable bonds is 6. The normalized spacial score (nSPS) is 12.6. The number of carbonyl (C=O) groups is 1. The third-order valence-electron chi connectivity index (χ3n) is 4.00. The molecule has 0 spiro atoms. The lowest BCUT2D eigenvalue weighted by molar-refractivity contribution is -0.137. The lowest BCUT2D eigenvalue weighted by atomic mass is 10.1. The van der Waals surface area contributed by atoms with E-state index >= 15 is 0 Å². The van der Waals surface area contributed by atoms with Crippen molar-refractivity contribution in [3.05, 3.63) is 64.4 Å². The number of halogens is 5. The standard InChI is InChI=1S/C20H20ClF4N3O/c1-12(10-13-4-6-14(22)7-5-13)27-28-19(2,3)18(29)26-15-8-9-17(21)16(11-15)20(23,24)25/h4-9,11,28H,10H2,1-3H3,(H,26,29)/b27-12+. The maximum Gasteiger partial charge on any atom is 0.417 e. The van der Waals surface area contributed by atoms with E-state index in [1.807, 2.05) is 0 Å². The fourth-order valence-electron chi connectivity index (χ4n) is 2.33. The van der Waals surface area contributed by atoms with Gasteiger partial charge in [-0.2, -0.15) is 18.3 Å². The SMILES string of the molecule is C/C(Cc1ccc(F)cc1)=N\NC(C)(C)C(=O)Nc1ccc(Cl)c(C(F)(F)F)c1. The van der Waals surface area contributed by atoms with Crippen molar-refractivity contribution in [2.24, 2.45) is 5.10 Å². The van der Waals surface area contributed by atoms with Crippen LogP contribution in [-0.4, -0.2) is 17.2 Å². The molecule has 9 heteroatoms. The molecule has 0 saturated carbocycles. The highest BCUT2D eigenvalue weighted by Gasteiger charge is 2.34. The second-order valence-electron chi connectivity index (χ2n) is 7.03. The first-order chi connectivity index (χ1) is 13.4. The van der Waals surface area contributed by atoms with Crippen molar-refractivity contribution in [2.75, 3.05) is 5.32 Å². The zero-order chi connectivity index (χ0) is 21.8. The van der Waals surface area contributed by atoms with Gasteiger partial charge in [-0.05, 0) is 56.7 Å². The molecule has 1 amide bonds.